The van der Waals surface area contributed by atoms with Crippen LogP contribution in [0.4, 0.5) is 0 Å². The van der Waals surface area contributed by atoms with Crippen LogP contribution in [0.5, 0.6) is 0 Å². The van der Waals surface area contributed by atoms with Crippen LogP contribution in [0.15, 0.2) is 30.5 Å². The molecule has 2 heterocycles. The molecule has 0 aromatic carbocycles. The second-order valence-electron chi connectivity index (χ2n) is 3.81. The molecule has 3 N–H and O–H groups in total. The highest BCUT2D eigenvalue weighted by atomic mass is 32.1. The molecule has 0 aliphatic heterocycles. The second-order valence-corrected chi connectivity index (χ2v) is 5.13. The summed E-state index contributed by atoms with van der Waals surface area (Å²) in [5.41, 5.74) is 4.98. The van der Waals surface area contributed by atoms with Gasteiger partial charge in [-0.3, -0.25) is 10.8 Å². The predicted octanol–water partition coefficient (Wildman–Crippen LogP) is 2.31. The lowest BCUT2D eigenvalue weighted by Crippen LogP contribution is -2.28. The largest absolute Gasteiger partial charge is 0.270 e. The first-order valence-electron chi connectivity index (χ1n) is 5.15. The zero-order valence-electron chi connectivity index (χ0n) is 9.40. The minimum atomic E-state index is -0.0152. The van der Waals surface area contributed by atoms with Gasteiger partial charge in [0, 0.05) is 16.0 Å². The highest BCUT2D eigenvalue weighted by molar-refractivity contribution is 7.12. The molecule has 0 aliphatic carbocycles. The van der Waals surface area contributed by atoms with E-state index in [1.165, 1.54) is 15.3 Å². The van der Waals surface area contributed by atoms with Gasteiger partial charge in [-0.25, -0.2) is 5.43 Å². The van der Waals surface area contributed by atoms with Gasteiger partial charge in [-0.1, -0.05) is 0 Å². The average molecular weight is 233 g/mol. The molecule has 0 spiro atoms. The van der Waals surface area contributed by atoms with Crippen molar-refractivity contribution in [2.75, 3.05) is 0 Å². The maximum Gasteiger partial charge on any atom is 0.0973 e. The van der Waals surface area contributed by atoms with Crippen molar-refractivity contribution < 1.29 is 0 Å². The molecule has 0 amide bonds. The van der Waals surface area contributed by atoms with Crippen molar-refractivity contribution in [1.29, 1.82) is 0 Å². The number of pyridine rings is 1. The second kappa shape index (κ2) is 4.74. The Morgan fingerprint density at radius 3 is 2.69 bits per heavy atom. The first-order chi connectivity index (χ1) is 7.70. The van der Waals surface area contributed by atoms with Gasteiger partial charge < -0.3 is 0 Å². The van der Waals surface area contributed by atoms with Gasteiger partial charge >= 0.3 is 0 Å². The van der Waals surface area contributed by atoms with Crippen molar-refractivity contribution in [3.05, 3.63) is 51.5 Å². The van der Waals surface area contributed by atoms with Crippen LogP contribution in [0.25, 0.3) is 0 Å². The molecule has 0 bridgehead atoms. The molecule has 84 valence electrons. The zero-order chi connectivity index (χ0) is 11.5. The summed E-state index contributed by atoms with van der Waals surface area (Å²) in [6, 6.07) is 8.21. The standard InChI is InChI=1S/C12H15N3S/c1-8-5-6-14-10(7-8)12(15-13)11-4-3-9(2)16-11/h3-7,12,15H,13H2,1-2H3. The number of rotatable bonds is 3. The molecule has 0 fully saturated rings. The van der Waals surface area contributed by atoms with Crippen molar-refractivity contribution in [2.45, 2.75) is 19.9 Å². The Morgan fingerprint density at radius 1 is 1.31 bits per heavy atom. The maximum absolute atomic E-state index is 5.61. The fourth-order valence-electron chi connectivity index (χ4n) is 1.64. The van der Waals surface area contributed by atoms with Crippen molar-refractivity contribution >= 4 is 11.3 Å². The van der Waals surface area contributed by atoms with E-state index in [9.17, 15) is 0 Å². The van der Waals surface area contributed by atoms with Crippen LogP contribution in [-0.2, 0) is 0 Å². The van der Waals surface area contributed by atoms with Crippen molar-refractivity contribution in [2.24, 2.45) is 5.84 Å². The third-order valence-electron chi connectivity index (χ3n) is 2.44. The van der Waals surface area contributed by atoms with E-state index in [2.05, 4.69) is 42.5 Å². The SMILES string of the molecule is Cc1ccnc(C(NN)c2ccc(C)s2)c1. The summed E-state index contributed by atoms with van der Waals surface area (Å²) in [5, 5.41) is 0. The van der Waals surface area contributed by atoms with Crippen LogP contribution in [0.1, 0.15) is 27.1 Å². The summed E-state index contributed by atoms with van der Waals surface area (Å²) in [7, 11) is 0. The van der Waals surface area contributed by atoms with E-state index in [0.717, 1.165) is 5.69 Å². The molecule has 1 unspecified atom stereocenters. The number of aromatic nitrogens is 1. The molecule has 0 saturated heterocycles. The highest BCUT2D eigenvalue weighted by Gasteiger charge is 2.15. The molecule has 0 aliphatic rings. The number of thiophene rings is 1. The fourth-order valence-corrected chi connectivity index (χ4v) is 2.59. The molecule has 4 heteroatoms. The Balaban J connectivity index is 2.36. The first-order valence-corrected chi connectivity index (χ1v) is 5.97. The minimum absolute atomic E-state index is 0.0152. The van der Waals surface area contributed by atoms with Gasteiger partial charge in [0.2, 0.25) is 0 Å². The van der Waals surface area contributed by atoms with E-state index in [0.29, 0.717) is 0 Å². The molecule has 3 nitrogen and oxygen atoms in total. The van der Waals surface area contributed by atoms with Gasteiger partial charge in [0.25, 0.3) is 0 Å². The number of hydrogen-bond acceptors (Lipinski definition) is 4. The van der Waals surface area contributed by atoms with E-state index in [-0.39, 0.29) is 6.04 Å². The van der Waals surface area contributed by atoms with E-state index in [4.69, 9.17) is 5.84 Å². The van der Waals surface area contributed by atoms with Gasteiger partial charge in [-0.15, -0.1) is 11.3 Å². The fraction of sp³-hybridized carbons (Fsp3) is 0.250. The van der Waals surface area contributed by atoms with E-state index >= 15 is 0 Å². The van der Waals surface area contributed by atoms with Gasteiger partial charge in [-0.2, -0.15) is 0 Å². The van der Waals surface area contributed by atoms with Crippen LogP contribution < -0.4 is 11.3 Å². The Morgan fingerprint density at radius 2 is 2.12 bits per heavy atom. The molecular formula is C12H15N3S. The highest BCUT2D eigenvalue weighted by Crippen LogP contribution is 2.26. The summed E-state index contributed by atoms with van der Waals surface area (Å²) in [6.07, 6.45) is 1.81. The van der Waals surface area contributed by atoms with Crippen molar-refractivity contribution in [3.63, 3.8) is 0 Å². The quantitative estimate of drug-likeness (QED) is 0.632. The Bertz CT molecular complexity index is 479. The summed E-state index contributed by atoms with van der Waals surface area (Å²) in [5.74, 6) is 5.61. The molecule has 2 rings (SSSR count). The normalized spacial score (nSPS) is 12.7. The molecular weight excluding hydrogens is 218 g/mol. The summed E-state index contributed by atoms with van der Waals surface area (Å²) >= 11 is 1.74. The molecule has 0 radical (unpaired) electrons. The maximum atomic E-state index is 5.61. The van der Waals surface area contributed by atoms with Gasteiger partial charge in [0.05, 0.1) is 11.7 Å². The number of aryl methyl sites for hydroxylation is 2. The summed E-state index contributed by atoms with van der Waals surface area (Å²) in [6.45, 7) is 4.14. The number of nitrogens with two attached hydrogens (primary N) is 1. The summed E-state index contributed by atoms with van der Waals surface area (Å²) < 4.78 is 0. The number of nitrogens with zero attached hydrogens (tertiary/aromatic N) is 1. The van der Waals surface area contributed by atoms with E-state index in [1.54, 1.807) is 11.3 Å². The van der Waals surface area contributed by atoms with Crippen LogP contribution in [0, 0.1) is 13.8 Å². The smallest absolute Gasteiger partial charge is 0.0973 e. The third kappa shape index (κ3) is 2.29. The van der Waals surface area contributed by atoms with Crippen LogP contribution in [0.2, 0.25) is 0 Å². The summed E-state index contributed by atoms with van der Waals surface area (Å²) in [4.78, 5) is 6.83. The lowest BCUT2D eigenvalue weighted by molar-refractivity contribution is 0.629. The Kier molecular flexibility index (Phi) is 3.33. The molecule has 2 aromatic heterocycles. The Labute approximate surface area is 99.3 Å². The average Bonchev–Trinajstić information content (AvgIpc) is 2.66. The van der Waals surface area contributed by atoms with Crippen molar-refractivity contribution in [3.8, 4) is 0 Å². The first kappa shape index (κ1) is 11.3. The van der Waals surface area contributed by atoms with Gasteiger partial charge in [0.1, 0.15) is 0 Å². The number of hydrazine groups is 1. The molecule has 16 heavy (non-hydrogen) atoms. The third-order valence-corrected chi connectivity index (χ3v) is 3.51. The molecule has 2 aromatic rings. The van der Waals surface area contributed by atoms with Crippen LogP contribution in [-0.4, -0.2) is 4.98 Å². The monoisotopic (exact) mass is 233 g/mol. The topological polar surface area (TPSA) is 50.9 Å². The van der Waals surface area contributed by atoms with Crippen molar-refractivity contribution in [1.82, 2.24) is 10.4 Å². The Hall–Kier alpha value is -1.23. The number of hydrogen-bond donors (Lipinski definition) is 2. The minimum Gasteiger partial charge on any atom is -0.270 e. The number of nitrogens with one attached hydrogen (secondary N) is 1. The van der Waals surface area contributed by atoms with Crippen LogP contribution in [0.3, 0.4) is 0 Å². The molecule has 0 saturated carbocycles. The van der Waals surface area contributed by atoms with Crippen LogP contribution >= 0.6 is 11.3 Å². The lowest BCUT2D eigenvalue weighted by atomic mass is 10.1. The van der Waals surface area contributed by atoms with E-state index < -0.39 is 0 Å². The molecule has 1 atom stereocenters. The van der Waals surface area contributed by atoms with E-state index in [1.807, 2.05) is 12.3 Å². The van der Waals surface area contributed by atoms with Gasteiger partial charge in [0.15, 0.2) is 0 Å². The lowest BCUT2D eigenvalue weighted by Gasteiger charge is -2.13. The van der Waals surface area contributed by atoms with Gasteiger partial charge in [-0.05, 0) is 43.7 Å². The zero-order valence-corrected chi connectivity index (χ0v) is 10.2. The predicted molar refractivity (Wildman–Crippen MR) is 67.2 cm³/mol.